The third-order valence-electron chi connectivity index (χ3n) is 3.89. The predicted octanol–water partition coefficient (Wildman–Crippen LogP) is 3.44. The maximum atomic E-state index is 10.6. The van der Waals surface area contributed by atoms with Gasteiger partial charge in [-0.2, -0.15) is 0 Å². The highest BCUT2D eigenvalue weighted by Crippen LogP contribution is 2.31. The molecule has 1 N–H and O–H groups in total. The van der Waals surface area contributed by atoms with Crippen molar-refractivity contribution in [1.82, 2.24) is 0 Å². The minimum atomic E-state index is -1.67. The van der Waals surface area contributed by atoms with Gasteiger partial charge in [0.1, 0.15) is 0 Å². The van der Waals surface area contributed by atoms with Gasteiger partial charge in [-0.05, 0) is 12.0 Å². The van der Waals surface area contributed by atoms with E-state index in [-0.39, 0.29) is 17.7 Å². The van der Waals surface area contributed by atoms with Crippen LogP contribution in [-0.2, 0) is 4.84 Å². The molecule has 1 aromatic carbocycles. The number of hydrogen-bond acceptors (Lipinski definition) is 3. The Labute approximate surface area is 122 Å². The molecule has 0 unspecified atom stereocenters. The molecule has 1 aliphatic heterocycles. The van der Waals surface area contributed by atoms with Crippen molar-refractivity contribution in [2.75, 3.05) is 0 Å². The molecule has 110 valence electrons. The number of hydrogen-bond donors (Lipinski definition) is 1. The summed E-state index contributed by atoms with van der Waals surface area (Å²) in [7, 11) is -1.67. The molecular weight excluding hydrogens is 266 g/mol. The lowest BCUT2D eigenvalue weighted by molar-refractivity contribution is -0.00678. The van der Waals surface area contributed by atoms with Crippen molar-refractivity contribution in [3.8, 4) is 0 Å². The summed E-state index contributed by atoms with van der Waals surface area (Å²) < 4.78 is 0. The van der Waals surface area contributed by atoms with Gasteiger partial charge in [-0.3, -0.25) is 0 Å². The maximum absolute atomic E-state index is 10.6. The maximum Gasteiger partial charge on any atom is 0.158 e. The molecule has 0 spiro atoms. The lowest BCUT2D eigenvalue weighted by Gasteiger charge is -2.31. The summed E-state index contributed by atoms with van der Waals surface area (Å²) in [5.74, 6) is 0.198. The van der Waals surface area contributed by atoms with E-state index in [1.165, 1.54) is 0 Å². The zero-order valence-corrected chi connectivity index (χ0v) is 13.8. The van der Waals surface area contributed by atoms with Gasteiger partial charge in [0.15, 0.2) is 6.10 Å². The van der Waals surface area contributed by atoms with Crippen molar-refractivity contribution in [3.05, 3.63) is 35.9 Å². The Balaban J connectivity index is 2.24. The second kappa shape index (κ2) is 6.10. The summed E-state index contributed by atoms with van der Waals surface area (Å²) in [5, 5.41) is 14.9. The third kappa shape index (κ3) is 3.12. The fourth-order valence-electron chi connectivity index (χ4n) is 2.67. The molecule has 1 aliphatic rings. The van der Waals surface area contributed by atoms with E-state index in [2.05, 4.69) is 43.9 Å². The second-order valence-corrected chi connectivity index (χ2v) is 11.9. The summed E-state index contributed by atoms with van der Waals surface area (Å²) in [6.45, 7) is 8.68. The van der Waals surface area contributed by atoms with Gasteiger partial charge >= 0.3 is 0 Å². The topological polar surface area (TPSA) is 41.8 Å². The number of benzene rings is 1. The highest BCUT2D eigenvalue weighted by molar-refractivity contribution is 6.77. The van der Waals surface area contributed by atoms with Crippen LogP contribution in [-0.4, -0.2) is 30.7 Å². The third-order valence-corrected chi connectivity index (χ3v) is 5.99. The lowest BCUT2D eigenvalue weighted by atomic mass is 9.89. The summed E-state index contributed by atoms with van der Waals surface area (Å²) in [6.07, 6.45) is 1.88. The summed E-state index contributed by atoms with van der Waals surface area (Å²) in [4.78, 5) is 5.65. The average molecular weight is 291 g/mol. The van der Waals surface area contributed by atoms with E-state index in [1.807, 2.05) is 18.2 Å². The Morgan fingerprint density at radius 3 is 2.45 bits per heavy atom. The van der Waals surface area contributed by atoms with Gasteiger partial charge in [-0.25, -0.2) is 0 Å². The van der Waals surface area contributed by atoms with Crippen molar-refractivity contribution in [2.24, 2.45) is 11.1 Å². The zero-order valence-electron chi connectivity index (χ0n) is 12.8. The average Bonchev–Trinajstić information content (AvgIpc) is 2.82. The van der Waals surface area contributed by atoms with Crippen LogP contribution in [0.5, 0.6) is 0 Å². The first-order valence-corrected chi connectivity index (χ1v) is 11.0. The molecule has 0 saturated heterocycles. The molecule has 1 heterocycles. The number of aliphatic hydroxyl groups excluding tert-OH is 1. The fraction of sp³-hybridized carbons (Fsp3) is 0.562. The van der Waals surface area contributed by atoms with E-state index in [0.29, 0.717) is 0 Å². The van der Waals surface area contributed by atoms with Crippen molar-refractivity contribution in [2.45, 2.75) is 51.2 Å². The van der Waals surface area contributed by atoms with Crippen molar-refractivity contribution in [1.29, 1.82) is 0 Å². The van der Waals surface area contributed by atoms with Crippen molar-refractivity contribution >= 4 is 13.8 Å². The van der Waals surface area contributed by atoms with E-state index < -0.39 is 8.07 Å². The number of rotatable bonds is 5. The molecule has 1 aromatic rings. The van der Waals surface area contributed by atoms with Crippen LogP contribution in [0.1, 0.15) is 25.3 Å². The van der Waals surface area contributed by atoms with Gasteiger partial charge in [0, 0.05) is 5.92 Å². The van der Waals surface area contributed by atoms with Gasteiger partial charge in [0.2, 0.25) is 0 Å². The first kappa shape index (κ1) is 15.3. The Kier molecular flexibility index (Phi) is 4.65. The fourth-order valence-corrected chi connectivity index (χ4v) is 3.95. The molecule has 4 heteroatoms. The highest BCUT2D eigenvalue weighted by atomic mass is 28.3. The Morgan fingerprint density at radius 2 is 1.90 bits per heavy atom. The van der Waals surface area contributed by atoms with Crippen molar-refractivity contribution in [3.63, 3.8) is 0 Å². The highest BCUT2D eigenvalue weighted by Gasteiger charge is 2.43. The molecule has 2 rings (SSSR count). The van der Waals surface area contributed by atoms with Crippen LogP contribution in [0.4, 0.5) is 0 Å². The number of nitrogens with zero attached hydrogens (tertiary/aromatic N) is 1. The van der Waals surface area contributed by atoms with Gasteiger partial charge in [-0.15, -0.1) is 0 Å². The molecule has 3 atom stereocenters. The second-order valence-electron chi connectivity index (χ2n) is 6.62. The van der Waals surface area contributed by atoms with Gasteiger partial charge in [0.25, 0.3) is 0 Å². The SMILES string of the molecule is CCC[C@H]1C(c2ccccc2)=NO[C@@H]1[C@@H](O)[Si](C)(C)C. The number of oxime groups is 1. The van der Waals surface area contributed by atoms with Gasteiger partial charge in [-0.1, -0.05) is 68.5 Å². The molecule has 20 heavy (non-hydrogen) atoms. The largest absolute Gasteiger partial charge is 0.393 e. The van der Waals surface area contributed by atoms with Gasteiger partial charge in [0.05, 0.1) is 19.5 Å². The van der Waals surface area contributed by atoms with Crippen LogP contribution in [0.25, 0.3) is 0 Å². The Bertz CT molecular complexity index is 467. The smallest absolute Gasteiger partial charge is 0.158 e. The van der Waals surface area contributed by atoms with E-state index >= 15 is 0 Å². The van der Waals surface area contributed by atoms with Crippen LogP contribution in [0.2, 0.25) is 19.6 Å². The minimum Gasteiger partial charge on any atom is -0.393 e. The molecule has 0 saturated carbocycles. The zero-order chi connectivity index (χ0) is 14.8. The number of aliphatic hydroxyl groups is 1. The monoisotopic (exact) mass is 291 g/mol. The summed E-state index contributed by atoms with van der Waals surface area (Å²) in [5.41, 5.74) is 1.72. The van der Waals surface area contributed by atoms with Crippen LogP contribution >= 0.6 is 0 Å². The predicted molar refractivity (Wildman–Crippen MR) is 85.6 cm³/mol. The Morgan fingerprint density at radius 1 is 1.25 bits per heavy atom. The Hall–Kier alpha value is -1.13. The lowest BCUT2D eigenvalue weighted by Crippen LogP contribution is -2.49. The minimum absolute atomic E-state index is 0.183. The molecule has 0 amide bonds. The first-order chi connectivity index (χ1) is 9.45. The molecule has 3 nitrogen and oxygen atoms in total. The summed E-state index contributed by atoms with van der Waals surface area (Å²) in [6, 6.07) is 10.2. The van der Waals surface area contributed by atoms with E-state index in [0.717, 1.165) is 24.1 Å². The van der Waals surface area contributed by atoms with E-state index in [9.17, 15) is 5.11 Å². The van der Waals surface area contributed by atoms with Crippen LogP contribution < -0.4 is 0 Å². The standard InChI is InChI=1S/C16H25NO2Si/c1-5-9-13-14(12-10-7-6-8-11-12)17-19-15(13)16(18)20(2,3)4/h6-8,10-11,13,15-16,18H,5,9H2,1-4H3/t13-,15-,16-/m0/s1. The van der Waals surface area contributed by atoms with E-state index in [4.69, 9.17) is 4.84 Å². The molecular formula is C16H25NO2Si. The van der Waals surface area contributed by atoms with Crippen LogP contribution in [0.3, 0.4) is 0 Å². The molecule has 0 aliphatic carbocycles. The van der Waals surface area contributed by atoms with Crippen LogP contribution in [0, 0.1) is 5.92 Å². The van der Waals surface area contributed by atoms with Gasteiger partial charge < -0.3 is 9.94 Å². The molecule has 0 aromatic heterocycles. The molecule has 0 fully saturated rings. The summed E-state index contributed by atoms with van der Waals surface area (Å²) >= 11 is 0. The normalized spacial score (nSPS) is 24.1. The molecule has 0 bridgehead atoms. The quantitative estimate of drug-likeness (QED) is 0.844. The van der Waals surface area contributed by atoms with Crippen LogP contribution in [0.15, 0.2) is 35.5 Å². The molecule has 0 radical (unpaired) electrons. The van der Waals surface area contributed by atoms with E-state index in [1.54, 1.807) is 0 Å². The first-order valence-electron chi connectivity index (χ1n) is 7.42. The van der Waals surface area contributed by atoms with Crippen molar-refractivity contribution < 1.29 is 9.94 Å².